The third kappa shape index (κ3) is 1.98. The van der Waals surface area contributed by atoms with E-state index in [1.54, 1.807) is 0 Å². The van der Waals surface area contributed by atoms with Crippen molar-refractivity contribution in [3.8, 4) is 0 Å². The van der Waals surface area contributed by atoms with Gasteiger partial charge in [0, 0.05) is 6.42 Å². The lowest BCUT2D eigenvalue weighted by Gasteiger charge is -2.01. The maximum atomic E-state index is 12.3. The molecule has 5 nitrogen and oxygen atoms in total. The predicted molar refractivity (Wildman–Crippen MR) is 43.7 cm³/mol. The van der Waals surface area contributed by atoms with Crippen LogP contribution in [-0.4, -0.2) is 33.4 Å². The Balaban J connectivity index is 1.69. The summed E-state index contributed by atoms with van der Waals surface area (Å²) in [5.41, 5.74) is 5.26. The molecule has 0 saturated heterocycles. The van der Waals surface area contributed by atoms with E-state index >= 15 is 0 Å². The topological polar surface area (TPSA) is 66.0 Å². The number of nitrogens with two attached hydrogens (primary N) is 1. The number of rotatable bonds is 4. The smallest absolute Gasteiger partial charge is 0.276 e. The van der Waals surface area contributed by atoms with Crippen molar-refractivity contribution in [2.24, 2.45) is 0 Å². The van der Waals surface area contributed by atoms with Crippen LogP contribution in [0.4, 0.5) is 14.7 Å². The molecule has 1 heterocycles. The lowest BCUT2D eigenvalue weighted by molar-refractivity contribution is 0.0100. The lowest BCUT2D eigenvalue weighted by Crippen LogP contribution is -2.11. The summed E-state index contributed by atoms with van der Waals surface area (Å²) in [5.74, 6) is -2.46. The van der Waals surface area contributed by atoms with E-state index in [0.717, 1.165) is 0 Å². The molecule has 0 bridgehead atoms. The third-order valence-corrected chi connectivity index (χ3v) is 1.96. The quantitative estimate of drug-likeness (QED) is 0.765. The number of halogens is 2. The summed E-state index contributed by atoms with van der Waals surface area (Å²) in [6.07, 6.45) is 0.347. The van der Waals surface area contributed by atoms with E-state index in [1.165, 1.54) is 11.0 Å². The average molecular weight is 204 g/mol. The van der Waals surface area contributed by atoms with Crippen LogP contribution < -0.4 is 5.73 Å². The van der Waals surface area contributed by atoms with Crippen molar-refractivity contribution >= 4 is 5.95 Å². The molecule has 1 aliphatic rings. The summed E-state index contributed by atoms with van der Waals surface area (Å²) in [7, 11) is 0. The molecule has 1 saturated carbocycles. The van der Waals surface area contributed by atoms with Crippen LogP contribution in [0.3, 0.4) is 0 Å². The molecule has 1 fully saturated rings. The van der Waals surface area contributed by atoms with Crippen molar-refractivity contribution in [2.45, 2.75) is 25.0 Å². The maximum absolute atomic E-state index is 12.3. The number of nitrogen functional groups attached to an aromatic ring is 1. The Labute approximate surface area is 78.9 Å². The second-order valence-electron chi connectivity index (χ2n) is 3.19. The van der Waals surface area contributed by atoms with E-state index in [2.05, 4.69) is 10.1 Å². The summed E-state index contributed by atoms with van der Waals surface area (Å²) in [6, 6.07) is 0. The highest BCUT2D eigenvalue weighted by atomic mass is 19.3. The van der Waals surface area contributed by atoms with Crippen molar-refractivity contribution in [1.82, 2.24) is 14.8 Å². The van der Waals surface area contributed by atoms with Crippen molar-refractivity contribution in [2.75, 3.05) is 12.3 Å². The maximum Gasteiger partial charge on any atom is 0.276 e. The summed E-state index contributed by atoms with van der Waals surface area (Å²) in [4.78, 5) is 3.68. The molecule has 1 atom stereocenters. The highest BCUT2D eigenvalue weighted by Crippen LogP contribution is 2.44. The highest BCUT2D eigenvalue weighted by molar-refractivity contribution is 5.09. The van der Waals surface area contributed by atoms with E-state index in [9.17, 15) is 8.78 Å². The summed E-state index contributed by atoms with van der Waals surface area (Å²) >= 11 is 0. The number of hydrogen-bond donors (Lipinski definition) is 1. The third-order valence-electron chi connectivity index (χ3n) is 1.96. The molecule has 78 valence electrons. The first-order valence-electron chi connectivity index (χ1n) is 4.22. The Bertz CT molecular complexity index is 327. The molecule has 0 radical (unpaired) electrons. The SMILES string of the molecule is Nc1ncn(CCOC2CC2(F)F)n1. The average Bonchev–Trinajstić information content (AvgIpc) is 2.53. The molecule has 0 amide bonds. The van der Waals surface area contributed by atoms with E-state index in [0.29, 0.717) is 6.54 Å². The van der Waals surface area contributed by atoms with Crippen LogP contribution in [0, 0.1) is 0 Å². The van der Waals surface area contributed by atoms with E-state index in [1.807, 2.05) is 0 Å². The summed E-state index contributed by atoms with van der Waals surface area (Å²) < 4.78 is 31.0. The number of aromatic nitrogens is 3. The zero-order valence-corrected chi connectivity index (χ0v) is 7.36. The molecule has 0 aromatic carbocycles. The molecule has 0 aliphatic heterocycles. The second kappa shape index (κ2) is 3.16. The molecule has 2 N–H and O–H groups in total. The van der Waals surface area contributed by atoms with Crippen molar-refractivity contribution in [1.29, 1.82) is 0 Å². The highest BCUT2D eigenvalue weighted by Gasteiger charge is 2.58. The van der Waals surface area contributed by atoms with Crippen molar-refractivity contribution in [3.63, 3.8) is 0 Å². The Morgan fingerprint density at radius 3 is 2.93 bits per heavy atom. The number of nitrogens with zero attached hydrogens (tertiary/aromatic N) is 3. The minimum Gasteiger partial charge on any atom is -0.370 e. The van der Waals surface area contributed by atoms with Gasteiger partial charge in [-0.15, -0.1) is 5.10 Å². The predicted octanol–water partition coefficient (Wildman–Crippen LogP) is 0.284. The molecular formula is C7H10F2N4O. The molecule has 14 heavy (non-hydrogen) atoms. The van der Waals surface area contributed by atoms with E-state index < -0.39 is 12.0 Å². The van der Waals surface area contributed by atoms with Gasteiger partial charge in [0.1, 0.15) is 12.4 Å². The van der Waals surface area contributed by atoms with E-state index in [4.69, 9.17) is 10.5 Å². The molecule has 1 aliphatic carbocycles. The van der Waals surface area contributed by atoms with Crippen molar-refractivity contribution < 1.29 is 13.5 Å². The van der Waals surface area contributed by atoms with Crippen LogP contribution >= 0.6 is 0 Å². The molecule has 7 heteroatoms. The zero-order valence-electron chi connectivity index (χ0n) is 7.36. The Morgan fingerprint density at radius 2 is 2.43 bits per heavy atom. The van der Waals surface area contributed by atoms with Gasteiger partial charge in [-0.2, -0.15) is 0 Å². The first kappa shape index (κ1) is 9.32. The molecule has 0 spiro atoms. The monoisotopic (exact) mass is 204 g/mol. The normalized spacial score (nSPS) is 23.7. The summed E-state index contributed by atoms with van der Waals surface area (Å²) in [5, 5.41) is 3.78. The van der Waals surface area contributed by atoms with Gasteiger partial charge in [-0.3, -0.25) is 0 Å². The van der Waals surface area contributed by atoms with Crippen LogP contribution in [0.1, 0.15) is 6.42 Å². The van der Waals surface area contributed by atoms with Gasteiger partial charge in [0.15, 0.2) is 0 Å². The van der Waals surface area contributed by atoms with Gasteiger partial charge in [0.2, 0.25) is 5.95 Å². The van der Waals surface area contributed by atoms with Gasteiger partial charge in [0.25, 0.3) is 5.92 Å². The fraction of sp³-hybridized carbons (Fsp3) is 0.714. The minimum atomic E-state index is -2.62. The Hall–Kier alpha value is -1.24. The standard InChI is InChI=1S/C7H10F2N4O/c8-7(9)3-5(7)14-2-1-13-4-11-6(10)12-13/h4-5H,1-3H2,(H2,10,12). The number of ether oxygens (including phenoxy) is 1. The fourth-order valence-corrected chi connectivity index (χ4v) is 1.07. The lowest BCUT2D eigenvalue weighted by atomic mass is 10.7. The molecule has 1 unspecified atom stereocenters. The number of hydrogen-bond acceptors (Lipinski definition) is 4. The number of alkyl halides is 2. The van der Waals surface area contributed by atoms with Gasteiger partial charge in [-0.1, -0.05) is 0 Å². The Morgan fingerprint density at radius 1 is 1.71 bits per heavy atom. The van der Waals surface area contributed by atoms with Gasteiger partial charge in [-0.05, 0) is 0 Å². The van der Waals surface area contributed by atoms with Crippen LogP contribution in [0.15, 0.2) is 6.33 Å². The zero-order chi connectivity index (χ0) is 10.2. The van der Waals surface area contributed by atoms with Gasteiger partial charge < -0.3 is 10.5 Å². The van der Waals surface area contributed by atoms with Crippen LogP contribution in [0.2, 0.25) is 0 Å². The van der Waals surface area contributed by atoms with Gasteiger partial charge >= 0.3 is 0 Å². The fourth-order valence-electron chi connectivity index (χ4n) is 1.07. The minimum absolute atomic E-state index is 0.168. The van der Waals surface area contributed by atoms with E-state index in [-0.39, 0.29) is 19.0 Å². The van der Waals surface area contributed by atoms with Crippen LogP contribution in [0.25, 0.3) is 0 Å². The first-order valence-corrected chi connectivity index (χ1v) is 4.22. The van der Waals surface area contributed by atoms with Gasteiger partial charge in [0.05, 0.1) is 13.2 Å². The molecule has 2 rings (SSSR count). The molecular weight excluding hydrogens is 194 g/mol. The second-order valence-corrected chi connectivity index (χ2v) is 3.19. The summed E-state index contributed by atoms with van der Waals surface area (Å²) in [6.45, 7) is 0.583. The van der Waals surface area contributed by atoms with Crippen LogP contribution in [0.5, 0.6) is 0 Å². The van der Waals surface area contributed by atoms with Gasteiger partial charge in [-0.25, -0.2) is 18.4 Å². The van der Waals surface area contributed by atoms with Crippen LogP contribution in [-0.2, 0) is 11.3 Å². The molecule has 1 aromatic rings. The largest absolute Gasteiger partial charge is 0.370 e. The Kier molecular flexibility index (Phi) is 2.10. The first-order chi connectivity index (χ1) is 6.58. The van der Waals surface area contributed by atoms with Crippen molar-refractivity contribution in [3.05, 3.63) is 6.33 Å². The molecule has 1 aromatic heterocycles. The number of anilines is 1.